The predicted octanol–water partition coefficient (Wildman–Crippen LogP) is 1.25. The Morgan fingerprint density at radius 1 is 1.58 bits per heavy atom. The number of carbonyl (C=O) groups is 1. The zero-order valence-corrected chi connectivity index (χ0v) is 11.1. The molecule has 0 bridgehead atoms. The summed E-state index contributed by atoms with van der Waals surface area (Å²) >= 11 is 0. The van der Waals surface area contributed by atoms with Crippen molar-refractivity contribution in [1.29, 1.82) is 0 Å². The number of nitrogens with zero attached hydrogens (tertiary/aromatic N) is 2. The number of nitrogens with one attached hydrogen (secondary N) is 1. The van der Waals surface area contributed by atoms with Crippen molar-refractivity contribution in [3.63, 3.8) is 0 Å². The highest BCUT2D eigenvalue weighted by molar-refractivity contribution is 5.77. The van der Waals surface area contributed by atoms with Crippen LogP contribution in [0.3, 0.4) is 0 Å². The van der Waals surface area contributed by atoms with Gasteiger partial charge < -0.3 is 10.0 Å². The molecule has 1 saturated heterocycles. The van der Waals surface area contributed by atoms with Crippen LogP contribution in [0.25, 0.3) is 0 Å². The third kappa shape index (κ3) is 2.66. The van der Waals surface area contributed by atoms with E-state index in [1.807, 2.05) is 11.1 Å². The molecular formula is C14H21N3O2. The summed E-state index contributed by atoms with van der Waals surface area (Å²) in [5, 5.41) is 16.9. The first-order valence-corrected chi connectivity index (χ1v) is 7.18. The van der Waals surface area contributed by atoms with Crippen LogP contribution < -0.4 is 0 Å². The molecule has 104 valence electrons. The molecule has 3 rings (SSSR count). The second-order valence-corrected chi connectivity index (χ2v) is 5.81. The first-order valence-electron chi connectivity index (χ1n) is 7.18. The first-order chi connectivity index (χ1) is 9.19. The number of hydrogen-bond acceptors (Lipinski definition) is 3. The second-order valence-electron chi connectivity index (χ2n) is 5.81. The van der Waals surface area contributed by atoms with Gasteiger partial charge in [0.25, 0.3) is 0 Å². The second kappa shape index (κ2) is 4.96. The molecule has 5 nitrogen and oxygen atoms in total. The van der Waals surface area contributed by atoms with E-state index in [4.69, 9.17) is 0 Å². The maximum Gasteiger partial charge on any atom is 0.222 e. The van der Waals surface area contributed by atoms with Gasteiger partial charge in [0.05, 0.1) is 17.8 Å². The van der Waals surface area contributed by atoms with Crippen molar-refractivity contribution in [1.82, 2.24) is 15.1 Å². The summed E-state index contributed by atoms with van der Waals surface area (Å²) in [7, 11) is 0. The average molecular weight is 263 g/mol. The van der Waals surface area contributed by atoms with Crippen molar-refractivity contribution >= 4 is 5.91 Å². The minimum atomic E-state index is -0.559. The zero-order chi connectivity index (χ0) is 13.3. The Hall–Kier alpha value is -1.36. The van der Waals surface area contributed by atoms with Crippen molar-refractivity contribution in [2.45, 2.75) is 56.6 Å². The van der Waals surface area contributed by atoms with Crippen molar-refractivity contribution < 1.29 is 9.90 Å². The molecule has 2 N–H and O–H groups in total. The Bertz CT molecular complexity index is 440. The normalized spacial score (nSPS) is 24.7. The van der Waals surface area contributed by atoms with E-state index in [0.717, 1.165) is 50.6 Å². The summed E-state index contributed by atoms with van der Waals surface area (Å²) < 4.78 is 0. The van der Waals surface area contributed by atoms with Crippen molar-refractivity contribution in [3.8, 4) is 0 Å². The van der Waals surface area contributed by atoms with Gasteiger partial charge in [-0.1, -0.05) is 0 Å². The highest BCUT2D eigenvalue weighted by atomic mass is 16.3. The average Bonchev–Trinajstić information content (AvgIpc) is 2.90. The number of carbonyl (C=O) groups excluding carboxylic acids is 1. The Labute approximate surface area is 113 Å². The molecule has 1 unspecified atom stereocenters. The Morgan fingerprint density at radius 2 is 2.42 bits per heavy atom. The third-order valence-electron chi connectivity index (χ3n) is 4.37. The van der Waals surface area contributed by atoms with Gasteiger partial charge in [-0.3, -0.25) is 9.89 Å². The smallest absolute Gasteiger partial charge is 0.222 e. The summed E-state index contributed by atoms with van der Waals surface area (Å²) in [6.45, 7) is 0.817. The molecule has 2 heterocycles. The fourth-order valence-corrected chi connectivity index (χ4v) is 3.09. The fourth-order valence-electron chi connectivity index (χ4n) is 3.09. The van der Waals surface area contributed by atoms with Gasteiger partial charge in [0, 0.05) is 19.2 Å². The lowest BCUT2D eigenvalue weighted by atomic mass is 10.1. The Balaban J connectivity index is 1.49. The van der Waals surface area contributed by atoms with E-state index in [1.54, 1.807) is 6.20 Å². The fraction of sp³-hybridized carbons (Fsp3) is 0.714. The maximum absolute atomic E-state index is 12.3. The predicted molar refractivity (Wildman–Crippen MR) is 70.4 cm³/mol. The number of amides is 1. The van der Waals surface area contributed by atoms with Crippen LogP contribution in [0.5, 0.6) is 0 Å². The van der Waals surface area contributed by atoms with E-state index < -0.39 is 5.60 Å². The molecule has 1 aromatic rings. The van der Waals surface area contributed by atoms with E-state index in [2.05, 4.69) is 10.2 Å². The van der Waals surface area contributed by atoms with Crippen molar-refractivity contribution in [3.05, 3.63) is 18.0 Å². The molecule has 5 heteroatoms. The number of hydrogen-bond donors (Lipinski definition) is 2. The van der Waals surface area contributed by atoms with Crippen LogP contribution in [0, 0.1) is 0 Å². The standard InChI is InChI=1S/C14H21N3O2/c18-13(5-1-3-11-9-15-16-10-11)17-8-2-4-12(17)14(19)6-7-14/h9-10,12,19H,1-8H2,(H,15,16). The number of aryl methyl sites for hydroxylation is 1. The molecule has 0 spiro atoms. The minimum absolute atomic E-state index is 0.0777. The van der Waals surface area contributed by atoms with Gasteiger partial charge in [0.1, 0.15) is 0 Å². The number of aromatic nitrogens is 2. The molecule has 1 amide bonds. The number of likely N-dealkylation sites (tertiary alicyclic amines) is 1. The van der Waals surface area contributed by atoms with Crippen LogP contribution in [0.1, 0.15) is 44.1 Å². The molecular weight excluding hydrogens is 242 g/mol. The maximum atomic E-state index is 12.3. The summed E-state index contributed by atoms with van der Waals surface area (Å²) in [4.78, 5) is 14.2. The molecule has 0 radical (unpaired) electrons. The van der Waals surface area contributed by atoms with Gasteiger partial charge in [0.2, 0.25) is 5.91 Å². The Morgan fingerprint density at radius 3 is 3.11 bits per heavy atom. The van der Waals surface area contributed by atoms with E-state index in [9.17, 15) is 9.90 Å². The van der Waals surface area contributed by atoms with Crippen LogP contribution in [-0.4, -0.2) is 44.3 Å². The zero-order valence-electron chi connectivity index (χ0n) is 11.1. The lowest BCUT2D eigenvalue weighted by Crippen LogP contribution is -2.44. The van der Waals surface area contributed by atoms with Gasteiger partial charge in [-0.05, 0) is 44.1 Å². The highest BCUT2D eigenvalue weighted by Gasteiger charge is 2.52. The molecule has 1 aliphatic carbocycles. The van der Waals surface area contributed by atoms with Gasteiger partial charge in [-0.15, -0.1) is 0 Å². The summed E-state index contributed by atoms with van der Waals surface area (Å²) in [6.07, 6.45) is 9.67. The van der Waals surface area contributed by atoms with Crippen LogP contribution in [0.2, 0.25) is 0 Å². The van der Waals surface area contributed by atoms with Crippen LogP contribution in [-0.2, 0) is 11.2 Å². The van der Waals surface area contributed by atoms with E-state index in [-0.39, 0.29) is 11.9 Å². The Kier molecular flexibility index (Phi) is 3.31. The molecule has 19 heavy (non-hydrogen) atoms. The summed E-state index contributed by atoms with van der Waals surface area (Å²) in [5.41, 5.74) is 0.586. The summed E-state index contributed by atoms with van der Waals surface area (Å²) in [6, 6.07) is 0.0777. The monoisotopic (exact) mass is 263 g/mol. The highest BCUT2D eigenvalue weighted by Crippen LogP contribution is 2.44. The van der Waals surface area contributed by atoms with Crippen molar-refractivity contribution in [2.75, 3.05) is 6.54 Å². The number of aromatic amines is 1. The molecule has 1 aromatic heterocycles. The topological polar surface area (TPSA) is 69.2 Å². The molecule has 2 aliphatic rings. The largest absolute Gasteiger partial charge is 0.388 e. The minimum Gasteiger partial charge on any atom is -0.388 e. The molecule has 1 saturated carbocycles. The molecule has 2 fully saturated rings. The first kappa shape index (κ1) is 12.7. The van der Waals surface area contributed by atoms with Crippen molar-refractivity contribution in [2.24, 2.45) is 0 Å². The van der Waals surface area contributed by atoms with Crippen LogP contribution >= 0.6 is 0 Å². The van der Waals surface area contributed by atoms with Gasteiger partial charge in [0.15, 0.2) is 0 Å². The SMILES string of the molecule is O=C(CCCc1cn[nH]c1)N1CCCC1C1(O)CC1. The van der Waals surface area contributed by atoms with E-state index >= 15 is 0 Å². The number of aliphatic hydroxyl groups is 1. The van der Waals surface area contributed by atoms with Gasteiger partial charge in [-0.25, -0.2) is 0 Å². The van der Waals surface area contributed by atoms with E-state index in [1.165, 1.54) is 0 Å². The number of rotatable bonds is 5. The van der Waals surface area contributed by atoms with Gasteiger partial charge >= 0.3 is 0 Å². The van der Waals surface area contributed by atoms with Crippen LogP contribution in [0.15, 0.2) is 12.4 Å². The third-order valence-corrected chi connectivity index (χ3v) is 4.37. The quantitative estimate of drug-likeness (QED) is 0.840. The van der Waals surface area contributed by atoms with Crippen LogP contribution in [0.4, 0.5) is 0 Å². The molecule has 1 atom stereocenters. The summed E-state index contributed by atoms with van der Waals surface area (Å²) in [5.74, 6) is 0.200. The lowest BCUT2D eigenvalue weighted by Gasteiger charge is -2.28. The number of H-pyrrole nitrogens is 1. The lowest BCUT2D eigenvalue weighted by molar-refractivity contribution is -0.134. The van der Waals surface area contributed by atoms with Gasteiger partial charge in [-0.2, -0.15) is 5.10 Å². The van der Waals surface area contributed by atoms with E-state index in [0.29, 0.717) is 6.42 Å². The molecule has 1 aliphatic heterocycles. The molecule has 0 aromatic carbocycles.